The minimum atomic E-state index is -1.11. The number of hydrogen-bond acceptors (Lipinski definition) is 3. The van der Waals surface area contributed by atoms with Crippen molar-refractivity contribution in [2.45, 2.75) is 123 Å². The van der Waals surface area contributed by atoms with E-state index >= 15 is 0 Å². The molecule has 174 valence electrons. The molecular weight excluding hydrogens is 372 g/mol. The van der Waals surface area contributed by atoms with Crippen molar-refractivity contribution in [3.63, 3.8) is 0 Å². The molecule has 0 unspecified atom stereocenters. The summed E-state index contributed by atoms with van der Waals surface area (Å²) in [5.41, 5.74) is -0.962. The van der Waals surface area contributed by atoms with Crippen LogP contribution in [0.25, 0.3) is 0 Å². The summed E-state index contributed by atoms with van der Waals surface area (Å²) >= 11 is 0. The maximum atomic E-state index is 11.6. The highest BCUT2D eigenvalue weighted by Crippen LogP contribution is 2.69. The number of hydrogen-bond donors (Lipinski definition) is 3. The number of aliphatic hydroxyl groups is 3. The van der Waals surface area contributed by atoms with Crippen molar-refractivity contribution < 1.29 is 15.3 Å². The van der Waals surface area contributed by atoms with Crippen LogP contribution >= 0.6 is 0 Å². The first-order chi connectivity index (χ1) is 14.0. The minimum Gasteiger partial charge on any atom is -0.393 e. The van der Waals surface area contributed by atoms with Gasteiger partial charge in [-0.25, -0.2) is 0 Å². The summed E-state index contributed by atoms with van der Waals surface area (Å²) in [6.45, 7) is 12.0. The predicted octanol–water partition coefficient (Wildman–Crippen LogP) is 5.55. The summed E-state index contributed by atoms with van der Waals surface area (Å²) in [7, 11) is 0. The van der Waals surface area contributed by atoms with Gasteiger partial charge in [0.05, 0.1) is 17.8 Å². The Bertz CT molecular complexity index is 619. The molecule has 0 aromatic carbocycles. The van der Waals surface area contributed by atoms with Gasteiger partial charge in [0.25, 0.3) is 0 Å². The van der Waals surface area contributed by atoms with Crippen LogP contribution in [0.5, 0.6) is 0 Å². The second-order valence-electron chi connectivity index (χ2n) is 12.9. The highest BCUT2D eigenvalue weighted by atomic mass is 16.3. The van der Waals surface area contributed by atoms with Crippen LogP contribution in [0.3, 0.4) is 0 Å². The highest BCUT2D eigenvalue weighted by molar-refractivity contribution is 5.17. The van der Waals surface area contributed by atoms with Gasteiger partial charge in [-0.2, -0.15) is 0 Å². The van der Waals surface area contributed by atoms with E-state index in [0.717, 1.165) is 37.0 Å². The minimum absolute atomic E-state index is 0.253. The van der Waals surface area contributed by atoms with Crippen LogP contribution in [0.1, 0.15) is 105 Å². The lowest BCUT2D eigenvalue weighted by molar-refractivity contribution is -0.264. The average Bonchev–Trinajstić information content (AvgIpc) is 3.01. The van der Waals surface area contributed by atoms with E-state index in [9.17, 15) is 15.3 Å². The molecule has 30 heavy (non-hydrogen) atoms. The Hall–Kier alpha value is -0.120. The van der Waals surface area contributed by atoms with E-state index < -0.39 is 17.8 Å². The molecule has 4 rings (SSSR count). The van der Waals surface area contributed by atoms with E-state index in [4.69, 9.17) is 0 Å². The molecule has 3 nitrogen and oxygen atoms in total. The third-order valence-corrected chi connectivity index (χ3v) is 11.0. The molecule has 0 aromatic rings. The van der Waals surface area contributed by atoms with Gasteiger partial charge in [-0.3, -0.25) is 0 Å². The Morgan fingerprint density at radius 1 is 0.900 bits per heavy atom. The quantitative estimate of drug-likeness (QED) is 0.546. The summed E-state index contributed by atoms with van der Waals surface area (Å²) in [6, 6.07) is 0. The Labute approximate surface area is 185 Å². The van der Waals surface area contributed by atoms with Gasteiger partial charge in [0.15, 0.2) is 0 Å². The Balaban J connectivity index is 1.53. The lowest BCUT2D eigenvalue weighted by atomic mass is 9.42. The van der Waals surface area contributed by atoms with Gasteiger partial charge in [0.2, 0.25) is 0 Å². The molecule has 0 bridgehead atoms. The van der Waals surface area contributed by atoms with Crippen LogP contribution in [0.4, 0.5) is 0 Å². The number of aliphatic hydroxyl groups excluding tert-OH is 2. The van der Waals surface area contributed by atoms with Gasteiger partial charge >= 0.3 is 0 Å². The zero-order chi connectivity index (χ0) is 21.9. The van der Waals surface area contributed by atoms with Crippen molar-refractivity contribution in [2.24, 2.45) is 46.3 Å². The van der Waals surface area contributed by atoms with Crippen LogP contribution in [0.15, 0.2) is 0 Å². The summed E-state index contributed by atoms with van der Waals surface area (Å²) in [6.07, 6.45) is 10.7. The van der Waals surface area contributed by atoms with Crippen molar-refractivity contribution in [1.82, 2.24) is 0 Å². The summed E-state index contributed by atoms with van der Waals surface area (Å²) in [5.74, 6) is 4.13. The van der Waals surface area contributed by atoms with Gasteiger partial charge in [0.1, 0.15) is 0 Å². The smallest absolute Gasteiger partial charge is 0.0985 e. The lowest BCUT2D eigenvalue weighted by Crippen LogP contribution is -2.68. The van der Waals surface area contributed by atoms with Crippen LogP contribution in [-0.4, -0.2) is 33.1 Å². The molecule has 0 spiro atoms. The fraction of sp³-hybridized carbons (Fsp3) is 1.00. The SMILES string of the molecule is CC(C)CCC[C@@H](C)[C@H]1CC[C@H]2[C@H]3C[C@@H](O)[C@@]4(O)C[C@@H](O)CC[C@]4(C)[C@@H]3CC[C@]12C. The monoisotopic (exact) mass is 420 g/mol. The van der Waals surface area contributed by atoms with Crippen LogP contribution in [0.2, 0.25) is 0 Å². The van der Waals surface area contributed by atoms with E-state index in [2.05, 4.69) is 34.6 Å². The summed E-state index contributed by atoms with van der Waals surface area (Å²) < 4.78 is 0. The second-order valence-corrected chi connectivity index (χ2v) is 12.9. The van der Waals surface area contributed by atoms with Gasteiger partial charge < -0.3 is 15.3 Å². The van der Waals surface area contributed by atoms with Gasteiger partial charge in [-0.1, -0.05) is 53.9 Å². The molecule has 0 aliphatic heterocycles. The molecule has 0 heterocycles. The van der Waals surface area contributed by atoms with E-state index in [1.807, 2.05) is 0 Å². The molecule has 10 atom stereocenters. The second kappa shape index (κ2) is 8.03. The Morgan fingerprint density at radius 3 is 2.33 bits per heavy atom. The Morgan fingerprint density at radius 2 is 1.63 bits per heavy atom. The molecule has 0 aromatic heterocycles. The van der Waals surface area contributed by atoms with E-state index in [-0.39, 0.29) is 5.41 Å². The fourth-order valence-corrected chi connectivity index (χ4v) is 9.29. The highest BCUT2D eigenvalue weighted by Gasteiger charge is 2.67. The number of fused-ring (bicyclic) bond motifs is 5. The average molecular weight is 421 g/mol. The van der Waals surface area contributed by atoms with Crippen molar-refractivity contribution in [3.05, 3.63) is 0 Å². The zero-order valence-corrected chi connectivity index (χ0v) is 20.2. The first-order valence-electron chi connectivity index (χ1n) is 13.1. The number of rotatable bonds is 5. The van der Waals surface area contributed by atoms with Crippen LogP contribution < -0.4 is 0 Å². The molecule has 0 saturated heterocycles. The molecule has 4 saturated carbocycles. The van der Waals surface area contributed by atoms with Crippen molar-refractivity contribution in [2.75, 3.05) is 0 Å². The van der Waals surface area contributed by atoms with Gasteiger partial charge in [-0.05, 0) is 85.9 Å². The molecule has 0 amide bonds. The third kappa shape index (κ3) is 3.41. The maximum Gasteiger partial charge on any atom is 0.0985 e. The van der Waals surface area contributed by atoms with E-state index in [1.165, 1.54) is 44.9 Å². The molecule has 3 N–H and O–H groups in total. The van der Waals surface area contributed by atoms with Gasteiger partial charge in [-0.15, -0.1) is 0 Å². The van der Waals surface area contributed by atoms with Crippen molar-refractivity contribution in [1.29, 1.82) is 0 Å². The molecule has 4 fully saturated rings. The first-order valence-corrected chi connectivity index (χ1v) is 13.1. The van der Waals surface area contributed by atoms with Crippen molar-refractivity contribution in [3.8, 4) is 0 Å². The zero-order valence-electron chi connectivity index (χ0n) is 20.2. The standard InChI is InChI=1S/C27H48O3/c1-17(2)7-6-8-18(3)21-9-10-22-20-15-24(29)27(30)16-19(28)11-14-26(27,5)23(20)12-13-25(21,22)4/h17-24,28-30H,6-16H2,1-5H3/t18-,19+,20-,21-,22+,23-,24-,25-,26-,27+/m1/s1. The topological polar surface area (TPSA) is 60.7 Å². The maximum absolute atomic E-state index is 11.6. The van der Waals surface area contributed by atoms with Crippen LogP contribution in [-0.2, 0) is 0 Å². The normalized spacial score (nSPS) is 51.9. The fourth-order valence-electron chi connectivity index (χ4n) is 9.29. The summed E-state index contributed by atoms with van der Waals surface area (Å²) in [4.78, 5) is 0. The summed E-state index contributed by atoms with van der Waals surface area (Å²) in [5, 5.41) is 33.0. The Kier molecular flexibility index (Phi) is 6.17. The lowest BCUT2D eigenvalue weighted by Gasteiger charge is -2.65. The molecule has 3 heteroatoms. The molecule has 4 aliphatic rings. The van der Waals surface area contributed by atoms with Crippen molar-refractivity contribution >= 4 is 0 Å². The first kappa shape index (κ1) is 23.1. The molecular formula is C27H48O3. The van der Waals surface area contributed by atoms with E-state index in [1.54, 1.807) is 0 Å². The largest absolute Gasteiger partial charge is 0.393 e. The molecule has 0 radical (unpaired) electrons. The van der Waals surface area contributed by atoms with Crippen LogP contribution in [0, 0.1) is 46.3 Å². The third-order valence-electron chi connectivity index (χ3n) is 11.0. The van der Waals surface area contributed by atoms with E-state index in [0.29, 0.717) is 29.6 Å². The molecule has 4 aliphatic carbocycles. The predicted molar refractivity (Wildman–Crippen MR) is 122 cm³/mol. The van der Waals surface area contributed by atoms with Gasteiger partial charge in [0, 0.05) is 11.8 Å².